The van der Waals surface area contributed by atoms with E-state index < -0.39 is 0 Å². The summed E-state index contributed by atoms with van der Waals surface area (Å²) in [7, 11) is 0. The Labute approximate surface area is 163 Å². The first kappa shape index (κ1) is 18.6. The van der Waals surface area contributed by atoms with Gasteiger partial charge in [-0.15, -0.1) is 11.3 Å². The van der Waals surface area contributed by atoms with Crippen molar-refractivity contribution in [3.63, 3.8) is 0 Å². The fourth-order valence-corrected chi connectivity index (χ4v) is 3.82. The molecule has 26 heavy (non-hydrogen) atoms. The highest BCUT2D eigenvalue weighted by molar-refractivity contribution is 7.10. The number of carbonyl (C=O) groups is 1. The molecule has 0 saturated carbocycles. The maximum Gasteiger partial charge on any atom is 0.238 e. The number of thiophene rings is 1. The van der Waals surface area contributed by atoms with E-state index in [-0.39, 0.29) is 18.5 Å². The summed E-state index contributed by atoms with van der Waals surface area (Å²) in [6, 6.07) is 18.0. The average molecular weight is 385 g/mol. The number of nitrogens with one attached hydrogen (secondary N) is 2. The predicted octanol–water partition coefficient (Wildman–Crippen LogP) is 5.34. The highest BCUT2D eigenvalue weighted by Gasteiger charge is 2.16. The zero-order valence-corrected chi connectivity index (χ0v) is 16.3. The number of carbonyl (C=O) groups excluding carboxylic acids is 1. The molecule has 0 saturated heterocycles. The number of amides is 1. The Morgan fingerprint density at radius 1 is 1.08 bits per heavy atom. The number of hydrogen-bond acceptors (Lipinski definition) is 3. The van der Waals surface area contributed by atoms with E-state index in [1.54, 1.807) is 11.3 Å². The van der Waals surface area contributed by atoms with Crippen LogP contribution in [0.3, 0.4) is 0 Å². The summed E-state index contributed by atoms with van der Waals surface area (Å²) in [5, 5.41) is 8.83. The second-order valence-electron chi connectivity index (χ2n) is 6.27. The first-order valence-electron chi connectivity index (χ1n) is 8.42. The van der Waals surface area contributed by atoms with Crippen LogP contribution >= 0.6 is 22.9 Å². The molecule has 1 heterocycles. The normalized spacial score (nSPS) is 12.0. The summed E-state index contributed by atoms with van der Waals surface area (Å²) >= 11 is 7.87. The van der Waals surface area contributed by atoms with Crippen LogP contribution in [0.2, 0.25) is 5.02 Å². The van der Waals surface area contributed by atoms with E-state index in [2.05, 4.69) is 47.9 Å². The molecule has 0 unspecified atom stereocenters. The lowest BCUT2D eigenvalue weighted by atomic mass is 10.0. The Morgan fingerprint density at radius 3 is 2.46 bits per heavy atom. The van der Waals surface area contributed by atoms with Gasteiger partial charge in [0.15, 0.2) is 0 Å². The molecular weight excluding hydrogens is 364 g/mol. The Morgan fingerprint density at radius 2 is 1.81 bits per heavy atom. The quantitative estimate of drug-likeness (QED) is 0.602. The molecule has 0 bridgehead atoms. The standard InChI is InChI=1S/C21H21ClN2OS/c1-14-5-8-16(9-6-14)21(19-4-3-11-26-19)23-13-20(25)24-18-10-7-15(2)12-17(18)22/h3-12,21,23H,13H2,1-2H3,(H,24,25)/t21-/m0/s1. The van der Waals surface area contributed by atoms with Gasteiger partial charge >= 0.3 is 0 Å². The van der Waals surface area contributed by atoms with Gasteiger partial charge in [0.25, 0.3) is 0 Å². The summed E-state index contributed by atoms with van der Waals surface area (Å²) in [5.41, 5.74) is 4.04. The molecular formula is C21H21ClN2OS. The number of rotatable bonds is 6. The van der Waals surface area contributed by atoms with Crippen LogP contribution in [0.15, 0.2) is 60.0 Å². The van der Waals surface area contributed by atoms with Crippen LogP contribution < -0.4 is 10.6 Å². The highest BCUT2D eigenvalue weighted by Crippen LogP contribution is 2.26. The van der Waals surface area contributed by atoms with E-state index in [1.165, 1.54) is 10.4 Å². The van der Waals surface area contributed by atoms with Crippen LogP contribution in [0, 0.1) is 13.8 Å². The summed E-state index contributed by atoms with van der Waals surface area (Å²) in [6.07, 6.45) is 0. The van der Waals surface area contributed by atoms with E-state index in [1.807, 2.05) is 36.6 Å². The van der Waals surface area contributed by atoms with Gasteiger partial charge in [0.2, 0.25) is 5.91 Å². The van der Waals surface area contributed by atoms with Crippen molar-refractivity contribution in [2.45, 2.75) is 19.9 Å². The van der Waals surface area contributed by atoms with Gasteiger partial charge in [-0.2, -0.15) is 0 Å². The molecule has 1 atom stereocenters. The van der Waals surface area contributed by atoms with Crippen LogP contribution in [0.5, 0.6) is 0 Å². The molecule has 0 fully saturated rings. The summed E-state index contributed by atoms with van der Waals surface area (Å²) in [5.74, 6) is -0.121. The minimum Gasteiger partial charge on any atom is -0.324 e. The van der Waals surface area contributed by atoms with Crippen molar-refractivity contribution in [2.24, 2.45) is 0 Å². The fraction of sp³-hybridized carbons (Fsp3) is 0.190. The number of benzene rings is 2. The zero-order valence-electron chi connectivity index (χ0n) is 14.8. The van der Waals surface area contributed by atoms with E-state index in [4.69, 9.17) is 11.6 Å². The van der Waals surface area contributed by atoms with Crippen molar-refractivity contribution in [3.05, 3.63) is 86.6 Å². The Balaban J connectivity index is 1.69. The number of halogens is 1. The van der Waals surface area contributed by atoms with Gasteiger partial charge in [-0.25, -0.2) is 0 Å². The number of anilines is 1. The fourth-order valence-electron chi connectivity index (χ4n) is 2.71. The van der Waals surface area contributed by atoms with Crippen LogP contribution in [-0.2, 0) is 4.79 Å². The molecule has 3 nitrogen and oxygen atoms in total. The van der Waals surface area contributed by atoms with Gasteiger partial charge < -0.3 is 5.32 Å². The summed E-state index contributed by atoms with van der Waals surface area (Å²) in [4.78, 5) is 13.6. The highest BCUT2D eigenvalue weighted by atomic mass is 35.5. The maximum absolute atomic E-state index is 12.4. The third-order valence-corrected chi connectivity index (χ3v) is 5.35. The molecule has 0 aliphatic rings. The number of aryl methyl sites for hydroxylation is 2. The largest absolute Gasteiger partial charge is 0.324 e. The molecule has 0 radical (unpaired) electrons. The Kier molecular flexibility index (Phi) is 6.09. The minimum absolute atomic E-state index is 0.0187. The molecule has 1 amide bonds. The van der Waals surface area contributed by atoms with Crippen molar-refractivity contribution in [1.82, 2.24) is 5.32 Å². The van der Waals surface area contributed by atoms with Crippen LogP contribution in [0.4, 0.5) is 5.69 Å². The van der Waals surface area contributed by atoms with Gasteiger partial charge in [0.1, 0.15) is 0 Å². The van der Waals surface area contributed by atoms with E-state index in [0.717, 1.165) is 11.1 Å². The van der Waals surface area contributed by atoms with Crippen LogP contribution in [-0.4, -0.2) is 12.5 Å². The van der Waals surface area contributed by atoms with Gasteiger partial charge in [-0.3, -0.25) is 10.1 Å². The smallest absolute Gasteiger partial charge is 0.238 e. The van der Waals surface area contributed by atoms with Crippen molar-refractivity contribution in [1.29, 1.82) is 0 Å². The molecule has 0 aliphatic heterocycles. The van der Waals surface area contributed by atoms with E-state index in [9.17, 15) is 4.79 Å². The molecule has 2 aromatic carbocycles. The minimum atomic E-state index is -0.121. The lowest BCUT2D eigenvalue weighted by Crippen LogP contribution is -2.31. The van der Waals surface area contributed by atoms with Crippen LogP contribution in [0.25, 0.3) is 0 Å². The van der Waals surface area contributed by atoms with Crippen molar-refractivity contribution < 1.29 is 4.79 Å². The third kappa shape index (κ3) is 4.73. The molecule has 0 aliphatic carbocycles. The van der Waals surface area contributed by atoms with Gasteiger partial charge in [0, 0.05) is 4.88 Å². The molecule has 3 aromatic rings. The van der Waals surface area contributed by atoms with E-state index >= 15 is 0 Å². The lowest BCUT2D eigenvalue weighted by Gasteiger charge is -2.18. The molecule has 1 aromatic heterocycles. The predicted molar refractivity (Wildman–Crippen MR) is 110 cm³/mol. The van der Waals surface area contributed by atoms with Crippen molar-refractivity contribution in [3.8, 4) is 0 Å². The van der Waals surface area contributed by atoms with Crippen molar-refractivity contribution >= 4 is 34.5 Å². The average Bonchev–Trinajstić information content (AvgIpc) is 3.13. The van der Waals surface area contributed by atoms with Gasteiger partial charge in [-0.05, 0) is 48.6 Å². The molecule has 2 N–H and O–H groups in total. The summed E-state index contributed by atoms with van der Waals surface area (Å²) < 4.78 is 0. The Hall–Kier alpha value is -2.14. The maximum atomic E-state index is 12.4. The van der Waals surface area contributed by atoms with E-state index in [0.29, 0.717) is 10.7 Å². The van der Waals surface area contributed by atoms with Gasteiger partial charge in [-0.1, -0.05) is 53.6 Å². The SMILES string of the molecule is Cc1ccc([C@H](NCC(=O)Nc2ccc(C)cc2Cl)c2cccs2)cc1. The number of hydrogen-bond donors (Lipinski definition) is 2. The molecule has 0 spiro atoms. The zero-order chi connectivity index (χ0) is 18.5. The topological polar surface area (TPSA) is 41.1 Å². The first-order chi connectivity index (χ1) is 12.5. The Bertz CT molecular complexity index is 876. The summed E-state index contributed by atoms with van der Waals surface area (Å²) in [6.45, 7) is 4.23. The van der Waals surface area contributed by atoms with Gasteiger partial charge in [0.05, 0.1) is 23.3 Å². The monoisotopic (exact) mass is 384 g/mol. The van der Waals surface area contributed by atoms with Crippen LogP contribution in [0.1, 0.15) is 27.6 Å². The lowest BCUT2D eigenvalue weighted by molar-refractivity contribution is -0.115. The molecule has 134 valence electrons. The molecule has 5 heteroatoms. The third-order valence-electron chi connectivity index (χ3n) is 4.10. The second-order valence-corrected chi connectivity index (χ2v) is 7.66. The van der Waals surface area contributed by atoms with Crippen molar-refractivity contribution in [2.75, 3.05) is 11.9 Å². The first-order valence-corrected chi connectivity index (χ1v) is 9.68. The molecule has 3 rings (SSSR count). The second kappa shape index (κ2) is 8.49.